The Labute approximate surface area is 179 Å². The number of carbonyl (C=O) groups excluding carboxylic acids is 2. The number of hydrogen-bond acceptors (Lipinski definition) is 6. The van der Waals surface area contributed by atoms with Crippen molar-refractivity contribution in [1.29, 1.82) is 0 Å². The monoisotopic (exact) mass is 418 g/mol. The molecule has 0 aliphatic carbocycles. The highest BCUT2D eigenvalue weighted by Gasteiger charge is 2.32. The third-order valence-corrected chi connectivity index (χ3v) is 5.64. The summed E-state index contributed by atoms with van der Waals surface area (Å²) in [6.07, 6.45) is 3.03. The van der Waals surface area contributed by atoms with Crippen LogP contribution in [0.25, 0.3) is 11.4 Å². The average Bonchev–Trinajstić information content (AvgIpc) is 3.43. The molecule has 1 fully saturated rings. The molecule has 1 unspecified atom stereocenters. The van der Waals surface area contributed by atoms with Gasteiger partial charge in [0.2, 0.25) is 17.6 Å². The number of hydrogen-bond donors (Lipinski definition) is 1. The van der Waals surface area contributed by atoms with Crippen LogP contribution < -0.4 is 10.1 Å². The molecule has 3 heterocycles. The van der Waals surface area contributed by atoms with E-state index in [4.69, 9.17) is 9.26 Å². The summed E-state index contributed by atoms with van der Waals surface area (Å²) >= 11 is 0. The molecule has 2 amide bonds. The molecule has 5 rings (SSSR count). The van der Waals surface area contributed by atoms with Crippen LogP contribution in [-0.2, 0) is 16.0 Å². The Morgan fingerprint density at radius 3 is 2.94 bits per heavy atom. The van der Waals surface area contributed by atoms with Crippen LogP contribution in [0, 0.1) is 0 Å². The maximum atomic E-state index is 12.9. The lowest BCUT2D eigenvalue weighted by Crippen LogP contribution is -2.41. The summed E-state index contributed by atoms with van der Waals surface area (Å²) in [5.74, 6) is 1.42. The van der Waals surface area contributed by atoms with Crippen molar-refractivity contribution in [3.63, 3.8) is 0 Å². The van der Waals surface area contributed by atoms with Gasteiger partial charge in [-0.3, -0.25) is 9.59 Å². The zero-order valence-corrected chi connectivity index (χ0v) is 16.9. The Kier molecular flexibility index (Phi) is 5.11. The number of para-hydroxylation sites is 1. The van der Waals surface area contributed by atoms with Crippen molar-refractivity contribution in [2.24, 2.45) is 0 Å². The van der Waals surface area contributed by atoms with Crippen molar-refractivity contribution in [2.75, 3.05) is 18.5 Å². The fraction of sp³-hybridized carbons (Fsp3) is 0.304. The number of amides is 2. The molecular formula is C23H22N4O4. The van der Waals surface area contributed by atoms with Gasteiger partial charge in [0.25, 0.3) is 5.91 Å². The second-order valence-electron chi connectivity index (χ2n) is 7.75. The summed E-state index contributed by atoms with van der Waals surface area (Å²) in [7, 11) is 0. The third kappa shape index (κ3) is 4.01. The Balaban J connectivity index is 1.32. The minimum absolute atomic E-state index is 0.0185. The lowest BCUT2D eigenvalue weighted by molar-refractivity contribution is -0.138. The molecule has 1 N–H and O–H groups in total. The summed E-state index contributed by atoms with van der Waals surface area (Å²) in [4.78, 5) is 30.8. The normalized spacial score (nSPS) is 17.9. The molecule has 1 atom stereocenters. The van der Waals surface area contributed by atoms with Crippen molar-refractivity contribution < 1.29 is 18.8 Å². The number of ether oxygens (including phenoxy) is 1. The van der Waals surface area contributed by atoms with Crippen molar-refractivity contribution in [3.05, 3.63) is 60.0 Å². The van der Waals surface area contributed by atoms with E-state index < -0.39 is 0 Å². The van der Waals surface area contributed by atoms with E-state index in [0.717, 1.165) is 36.1 Å². The van der Waals surface area contributed by atoms with E-state index in [-0.39, 0.29) is 24.5 Å². The zero-order chi connectivity index (χ0) is 21.2. The Bertz CT molecular complexity index is 1110. The lowest BCUT2D eigenvalue weighted by atomic mass is 10.0. The SMILES string of the molecule is O=C1Cc2cc(-c3noc(C4CCCCN4C(=O)COc4ccccc4)n3)ccc2N1. The smallest absolute Gasteiger partial charge is 0.261 e. The van der Waals surface area contributed by atoms with Gasteiger partial charge in [0.05, 0.1) is 6.42 Å². The van der Waals surface area contributed by atoms with E-state index >= 15 is 0 Å². The standard InChI is InChI=1S/C23H22N4O4/c28-20-13-16-12-15(9-10-18(16)24-20)22-25-23(31-26-22)19-8-4-5-11-27(19)21(29)14-30-17-6-2-1-3-7-17/h1-3,6-7,9-10,12,19H,4-5,8,11,13-14H2,(H,24,28). The molecular weight excluding hydrogens is 396 g/mol. The van der Waals surface area contributed by atoms with E-state index in [2.05, 4.69) is 15.5 Å². The molecule has 1 aromatic heterocycles. The van der Waals surface area contributed by atoms with Crippen LogP contribution in [0.1, 0.15) is 36.8 Å². The summed E-state index contributed by atoms with van der Waals surface area (Å²) < 4.78 is 11.2. The molecule has 8 nitrogen and oxygen atoms in total. The quantitative estimate of drug-likeness (QED) is 0.682. The highest BCUT2D eigenvalue weighted by Crippen LogP contribution is 2.32. The summed E-state index contributed by atoms with van der Waals surface area (Å²) in [6, 6.07) is 14.6. The van der Waals surface area contributed by atoms with Gasteiger partial charge in [-0.2, -0.15) is 4.98 Å². The number of benzene rings is 2. The molecule has 2 aliphatic heterocycles. The predicted octanol–water partition coefficient (Wildman–Crippen LogP) is 3.36. The van der Waals surface area contributed by atoms with Gasteiger partial charge in [0, 0.05) is 17.8 Å². The molecule has 0 radical (unpaired) electrons. The molecule has 8 heteroatoms. The summed E-state index contributed by atoms with van der Waals surface area (Å²) in [5.41, 5.74) is 2.52. The van der Waals surface area contributed by atoms with Crippen LogP contribution in [0.2, 0.25) is 0 Å². The Morgan fingerprint density at radius 1 is 1.19 bits per heavy atom. The third-order valence-electron chi connectivity index (χ3n) is 5.64. The second kappa shape index (κ2) is 8.22. The van der Waals surface area contributed by atoms with Crippen LogP contribution >= 0.6 is 0 Å². The first kappa shape index (κ1) is 19.3. The largest absolute Gasteiger partial charge is 0.484 e. The number of fused-ring (bicyclic) bond motifs is 1. The number of aromatic nitrogens is 2. The molecule has 0 saturated carbocycles. The predicted molar refractivity (Wildman–Crippen MR) is 112 cm³/mol. The topological polar surface area (TPSA) is 97.6 Å². The fourth-order valence-electron chi connectivity index (χ4n) is 4.09. The second-order valence-corrected chi connectivity index (χ2v) is 7.75. The lowest BCUT2D eigenvalue weighted by Gasteiger charge is -2.33. The van der Waals surface area contributed by atoms with Gasteiger partial charge in [-0.1, -0.05) is 23.4 Å². The van der Waals surface area contributed by atoms with Crippen molar-refractivity contribution in [1.82, 2.24) is 15.0 Å². The van der Waals surface area contributed by atoms with Gasteiger partial charge in [0.1, 0.15) is 11.8 Å². The summed E-state index contributed by atoms with van der Waals surface area (Å²) in [5, 5.41) is 6.95. The first-order valence-corrected chi connectivity index (χ1v) is 10.4. The van der Waals surface area contributed by atoms with Gasteiger partial charge in [-0.15, -0.1) is 0 Å². The molecule has 31 heavy (non-hydrogen) atoms. The van der Waals surface area contributed by atoms with Gasteiger partial charge in [-0.25, -0.2) is 0 Å². The number of nitrogens with one attached hydrogen (secondary N) is 1. The summed E-state index contributed by atoms with van der Waals surface area (Å²) in [6.45, 7) is 0.597. The highest BCUT2D eigenvalue weighted by atomic mass is 16.5. The van der Waals surface area contributed by atoms with E-state index in [1.807, 2.05) is 48.5 Å². The first-order chi connectivity index (χ1) is 15.2. The number of anilines is 1. The molecule has 2 aromatic carbocycles. The molecule has 158 valence electrons. The Morgan fingerprint density at radius 2 is 2.06 bits per heavy atom. The molecule has 2 aliphatic rings. The number of piperidine rings is 1. The first-order valence-electron chi connectivity index (χ1n) is 10.4. The number of carbonyl (C=O) groups is 2. The van der Waals surface area contributed by atoms with E-state index in [9.17, 15) is 9.59 Å². The van der Waals surface area contributed by atoms with Crippen LogP contribution in [0.15, 0.2) is 53.1 Å². The maximum Gasteiger partial charge on any atom is 0.261 e. The van der Waals surface area contributed by atoms with Gasteiger partial charge in [-0.05, 0) is 55.2 Å². The Hall–Kier alpha value is -3.68. The van der Waals surface area contributed by atoms with Crippen molar-refractivity contribution in [2.45, 2.75) is 31.7 Å². The van der Waals surface area contributed by atoms with Crippen molar-refractivity contribution >= 4 is 17.5 Å². The number of likely N-dealkylation sites (tertiary alicyclic amines) is 1. The van der Waals surface area contributed by atoms with Gasteiger partial charge >= 0.3 is 0 Å². The van der Waals surface area contributed by atoms with Crippen LogP contribution in [0.3, 0.4) is 0 Å². The van der Waals surface area contributed by atoms with Crippen LogP contribution in [0.5, 0.6) is 5.75 Å². The molecule has 0 bridgehead atoms. The highest BCUT2D eigenvalue weighted by molar-refractivity contribution is 5.99. The minimum atomic E-state index is -0.264. The number of nitrogens with zero attached hydrogens (tertiary/aromatic N) is 3. The molecule has 3 aromatic rings. The van der Waals surface area contributed by atoms with Crippen LogP contribution in [-0.4, -0.2) is 40.0 Å². The zero-order valence-electron chi connectivity index (χ0n) is 16.9. The van der Waals surface area contributed by atoms with E-state index in [1.54, 1.807) is 4.90 Å². The minimum Gasteiger partial charge on any atom is -0.484 e. The van der Waals surface area contributed by atoms with Gasteiger partial charge in [0.15, 0.2) is 6.61 Å². The average molecular weight is 418 g/mol. The number of rotatable bonds is 5. The molecule has 1 saturated heterocycles. The van der Waals surface area contributed by atoms with E-state index in [1.165, 1.54) is 0 Å². The van der Waals surface area contributed by atoms with Gasteiger partial charge < -0.3 is 19.5 Å². The fourth-order valence-corrected chi connectivity index (χ4v) is 4.09. The molecule has 0 spiro atoms. The van der Waals surface area contributed by atoms with Crippen LogP contribution in [0.4, 0.5) is 5.69 Å². The van der Waals surface area contributed by atoms with E-state index in [0.29, 0.717) is 30.4 Å². The maximum absolute atomic E-state index is 12.9. The van der Waals surface area contributed by atoms with Crippen molar-refractivity contribution in [3.8, 4) is 17.1 Å².